The molecule has 2 N–H and O–H groups in total. The van der Waals surface area contributed by atoms with E-state index in [1.165, 1.54) is 7.11 Å². The maximum Gasteiger partial charge on any atom is 0.271 e. The van der Waals surface area contributed by atoms with Crippen LogP contribution in [0.15, 0.2) is 23.9 Å². The highest BCUT2D eigenvalue weighted by atomic mass is 35.5. The van der Waals surface area contributed by atoms with Crippen LogP contribution in [0.5, 0.6) is 5.75 Å². The summed E-state index contributed by atoms with van der Waals surface area (Å²) < 4.78 is 32.9. The monoisotopic (exact) mass is 420 g/mol. The van der Waals surface area contributed by atoms with Crippen LogP contribution < -0.4 is 15.4 Å². The molecule has 0 atom stereocenters. The van der Waals surface area contributed by atoms with Gasteiger partial charge in [0.05, 0.1) is 38.6 Å². The lowest BCUT2D eigenvalue weighted by Crippen LogP contribution is -2.32. The first-order valence-corrected chi connectivity index (χ1v) is 9.56. The van der Waals surface area contributed by atoms with Crippen molar-refractivity contribution in [3.8, 4) is 5.75 Å². The minimum atomic E-state index is -0.297. The second kappa shape index (κ2) is 11.9. The second-order valence-electron chi connectivity index (χ2n) is 5.31. The quantitative estimate of drug-likeness (QED) is 0.502. The van der Waals surface area contributed by atoms with Crippen molar-refractivity contribution in [2.75, 3.05) is 52.6 Å². The Morgan fingerprint density at radius 2 is 2.11 bits per heavy atom. The predicted molar refractivity (Wildman–Crippen MR) is 102 cm³/mol. The van der Waals surface area contributed by atoms with Gasteiger partial charge in [0.1, 0.15) is 11.4 Å². The van der Waals surface area contributed by atoms with Crippen LogP contribution in [0.25, 0.3) is 5.76 Å². The van der Waals surface area contributed by atoms with Crippen LogP contribution in [0, 0.1) is 0 Å². The number of carbonyl (C=O) groups excluding carboxylic acids is 1. The third-order valence-corrected chi connectivity index (χ3v) is 4.16. The third-order valence-electron chi connectivity index (χ3n) is 3.54. The summed E-state index contributed by atoms with van der Waals surface area (Å²) in [5.74, 6) is 0.982. The Morgan fingerprint density at radius 1 is 1.33 bits per heavy atom. The normalized spacial score (nSPS) is 13.3. The van der Waals surface area contributed by atoms with Gasteiger partial charge in [-0.05, 0) is 18.2 Å². The molecule has 0 saturated heterocycles. The highest BCUT2D eigenvalue weighted by molar-refractivity contribution is 7.94. The lowest BCUT2D eigenvalue weighted by molar-refractivity contribution is -0.118. The first-order valence-electron chi connectivity index (χ1n) is 8.29. The van der Waals surface area contributed by atoms with Gasteiger partial charge in [-0.3, -0.25) is 4.79 Å². The van der Waals surface area contributed by atoms with Crippen LogP contribution in [0.2, 0.25) is 5.02 Å². The number of nitrogens with one attached hydrogen (secondary N) is 2. The molecule has 2 rings (SSSR count). The zero-order chi connectivity index (χ0) is 19.5. The minimum absolute atomic E-state index is 0.201. The maximum atomic E-state index is 12.4. The van der Waals surface area contributed by atoms with E-state index in [9.17, 15) is 8.68 Å². The number of carbonyl (C=O) groups is 1. The van der Waals surface area contributed by atoms with Gasteiger partial charge in [0.15, 0.2) is 12.5 Å². The van der Waals surface area contributed by atoms with E-state index in [4.69, 9.17) is 30.5 Å². The Balaban J connectivity index is 1.79. The largest absolute Gasteiger partial charge is 0.495 e. The molecule has 0 radical (unpaired) electrons. The summed E-state index contributed by atoms with van der Waals surface area (Å²) >= 11 is 6.38. The number of methoxy groups -OCH3 is 1. The van der Waals surface area contributed by atoms with Crippen molar-refractivity contribution in [2.45, 2.75) is 0 Å². The van der Waals surface area contributed by atoms with E-state index in [0.717, 1.165) is 0 Å². The number of ether oxygens (including phenoxy) is 4. The van der Waals surface area contributed by atoms with Gasteiger partial charge >= 0.3 is 0 Å². The molecule has 0 unspecified atom stereocenters. The summed E-state index contributed by atoms with van der Waals surface area (Å²) in [6, 6.07) is 5.16. The molecule has 150 valence electrons. The fraction of sp³-hybridized carbons (Fsp3) is 0.471. The summed E-state index contributed by atoms with van der Waals surface area (Å²) in [5, 5.41) is 6.10. The Bertz CT molecular complexity index is 662. The Kier molecular flexibility index (Phi) is 9.54. The van der Waals surface area contributed by atoms with Gasteiger partial charge < -0.3 is 29.6 Å². The van der Waals surface area contributed by atoms with Crippen molar-refractivity contribution in [1.82, 2.24) is 10.6 Å². The molecule has 1 aromatic carbocycles. The third kappa shape index (κ3) is 6.76. The molecule has 1 aliphatic heterocycles. The molecular weight excluding hydrogens is 399 g/mol. The standard InChI is InChI=1S/C17H22ClFN2O5S/c1-23-14-3-2-12(10-13(14)18)16-15(21-11-26-16)17(22)20-4-5-24-6-7-25-8-9-27-19/h2-3,10,21H,4-9,11H2,1H3,(H,20,22). The van der Waals surface area contributed by atoms with E-state index < -0.39 is 0 Å². The van der Waals surface area contributed by atoms with Crippen LogP contribution >= 0.6 is 23.7 Å². The Morgan fingerprint density at radius 3 is 2.81 bits per heavy atom. The van der Waals surface area contributed by atoms with E-state index in [-0.39, 0.29) is 24.8 Å². The van der Waals surface area contributed by atoms with Gasteiger partial charge in [0.2, 0.25) is 0 Å². The van der Waals surface area contributed by atoms with Crippen molar-refractivity contribution in [3.05, 3.63) is 34.5 Å². The molecule has 0 spiro atoms. The summed E-state index contributed by atoms with van der Waals surface area (Å²) in [4.78, 5) is 12.4. The van der Waals surface area contributed by atoms with Gasteiger partial charge in [0, 0.05) is 30.0 Å². The molecular formula is C17H22ClFN2O5S. The number of rotatable bonds is 12. The van der Waals surface area contributed by atoms with Crippen LogP contribution in [-0.4, -0.2) is 58.5 Å². The lowest BCUT2D eigenvalue weighted by atomic mass is 10.1. The molecule has 1 aromatic rings. The van der Waals surface area contributed by atoms with E-state index in [2.05, 4.69) is 10.6 Å². The molecule has 7 nitrogen and oxygen atoms in total. The van der Waals surface area contributed by atoms with Crippen molar-refractivity contribution in [3.63, 3.8) is 0 Å². The van der Waals surface area contributed by atoms with E-state index in [1.807, 2.05) is 0 Å². The topological polar surface area (TPSA) is 78.1 Å². The van der Waals surface area contributed by atoms with Gasteiger partial charge in [-0.25, -0.2) is 0 Å². The van der Waals surface area contributed by atoms with E-state index >= 15 is 0 Å². The van der Waals surface area contributed by atoms with Crippen LogP contribution in [0.1, 0.15) is 5.56 Å². The molecule has 0 bridgehead atoms. The predicted octanol–water partition coefficient (Wildman–Crippen LogP) is 2.36. The number of halogens is 2. The highest BCUT2D eigenvalue weighted by Crippen LogP contribution is 2.30. The first kappa shape index (κ1) is 21.6. The average molecular weight is 421 g/mol. The van der Waals surface area contributed by atoms with Gasteiger partial charge in [-0.15, -0.1) is 0 Å². The van der Waals surface area contributed by atoms with Gasteiger partial charge in [-0.2, -0.15) is 3.89 Å². The minimum Gasteiger partial charge on any atom is -0.495 e. The summed E-state index contributed by atoms with van der Waals surface area (Å²) in [5.41, 5.74) is 1.01. The Labute approximate surface area is 166 Å². The molecule has 0 aliphatic carbocycles. The second-order valence-corrected chi connectivity index (χ2v) is 6.35. The molecule has 27 heavy (non-hydrogen) atoms. The highest BCUT2D eigenvalue weighted by Gasteiger charge is 2.23. The van der Waals surface area contributed by atoms with Crippen LogP contribution in [-0.2, 0) is 19.0 Å². The summed E-state index contributed by atoms with van der Waals surface area (Å²) in [6.07, 6.45) is 0. The smallest absolute Gasteiger partial charge is 0.271 e. The SMILES string of the molecule is COc1ccc(C2=C(C(=O)NCCOCCOCCSF)NCO2)cc1Cl. The summed E-state index contributed by atoms with van der Waals surface area (Å²) in [7, 11) is 1.53. The van der Waals surface area contributed by atoms with Gasteiger partial charge in [-0.1, -0.05) is 11.6 Å². The fourth-order valence-corrected chi connectivity index (χ4v) is 2.73. The number of benzene rings is 1. The van der Waals surface area contributed by atoms with Crippen molar-refractivity contribution < 1.29 is 27.6 Å². The zero-order valence-electron chi connectivity index (χ0n) is 14.9. The molecule has 0 aromatic heterocycles. The first-order chi connectivity index (χ1) is 13.2. The van der Waals surface area contributed by atoms with Crippen LogP contribution in [0.4, 0.5) is 3.89 Å². The lowest BCUT2D eigenvalue weighted by Gasteiger charge is -2.09. The fourth-order valence-electron chi connectivity index (χ4n) is 2.29. The van der Waals surface area contributed by atoms with Crippen LogP contribution in [0.3, 0.4) is 0 Å². The van der Waals surface area contributed by atoms with Crippen molar-refractivity contribution in [1.29, 1.82) is 0 Å². The number of hydrogen-bond donors (Lipinski definition) is 2. The van der Waals surface area contributed by atoms with Gasteiger partial charge in [0.25, 0.3) is 5.91 Å². The van der Waals surface area contributed by atoms with E-state index in [0.29, 0.717) is 66.5 Å². The van der Waals surface area contributed by atoms with E-state index in [1.54, 1.807) is 18.2 Å². The molecule has 0 saturated carbocycles. The molecule has 0 fully saturated rings. The number of amides is 1. The molecule has 10 heteroatoms. The zero-order valence-corrected chi connectivity index (χ0v) is 16.5. The van der Waals surface area contributed by atoms with Crippen molar-refractivity contribution >= 4 is 35.4 Å². The maximum absolute atomic E-state index is 12.4. The average Bonchev–Trinajstić information content (AvgIpc) is 3.16. The number of hydrogen-bond acceptors (Lipinski definition) is 7. The summed E-state index contributed by atoms with van der Waals surface area (Å²) in [6.45, 7) is 1.99. The molecule has 1 aliphatic rings. The van der Waals surface area contributed by atoms with Crippen molar-refractivity contribution in [2.24, 2.45) is 0 Å². The molecule has 1 amide bonds. The molecule has 1 heterocycles. The Hall–Kier alpha value is -1.68.